The molecule has 2 nitrogen and oxygen atoms in total. The summed E-state index contributed by atoms with van der Waals surface area (Å²) in [4.78, 5) is 4.30. The fraction of sp³-hybridized carbons (Fsp3) is 0.0625. The molecular formula is C16H10F3NO. The van der Waals surface area contributed by atoms with E-state index in [1.165, 1.54) is 18.2 Å². The molecule has 0 N–H and O–H groups in total. The van der Waals surface area contributed by atoms with Crippen molar-refractivity contribution in [1.82, 2.24) is 4.98 Å². The molecule has 2 aromatic carbocycles. The van der Waals surface area contributed by atoms with Crippen LogP contribution in [-0.2, 0) is 0 Å². The van der Waals surface area contributed by atoms with E-state index in [-0.39, 0.29) is 5.75 Å². The summed E-state index contributed by atoms with van der Waals surface area (Å²) in [5.74, 6) is -0.243. The minimum absolute atomic E-state index is 0.243. The summed E-state index contributed by atoms with van der Waals surface area (Å²) in [7, 11) is 0. The van der Waals surface area contributed by atoms with Crippen LogP contribution >= 0.6 is 0 Å². The Morgan fingerprint density at radius 1 is 0.905 bits per heavy atom. The molecule has 0 atom stereocenters. The zero-order valence-corrected chi connectivity index (χ0v) is 10.8. The predicted octanol–water partition coefficient (Wildman–Crippen LogP) is 4.80. The standard InChI is InChI=1S/C16H10F3NO/c17-16(18,19)21-13-7-1-5-12(10-13)14-8-2-4-11-6-3-9-20-15(11)14/h1-10H. The van der Waals surface area contributed by atoms with Gasteiger partial charge in [0.25, 0.3) is 0 Å². The smallest absolute Gasteiger partial charge is 0.406 e. The number of alkyl halides is 3. The van der Waals surface area contributed by atoms with Crippen molar-refractivity contribution in [3.63, 3.8) is 0 Å². The highest BCUT2D eigenvalue weighted by Crippen LogP contribution is 2.31. The van der Waals surface area contributed by atoms with E-state index in [1.807, 2.05) is 30.3 Å². The van der Waals surface area contributed by atoms with Gasteiger partial charge < -0.3 is 4.74 Å². The zero-order chi connectivity index (χ0) is 14.9. The van der Waals surface area contributed by atoms with Gasteiger partial charge in [0.15, 0.2) is 0 Å². The minimum atomic E-state index is -4.70. The van der Waals surface area contributed by atoms with Gasteiger partial charge in [-0.15, -0.1) is 13.2 Å². The molecule has 0 aliphatic heterocycles. The lowest BCUT2D eigenvalue weighted by Gasteiger charge is -2.11. The lowest BCUT2D eigenvalue weighted by molar-refractivity contribution is -0.274. The van der Waals surface area contributed by atoms with Crippen molar-refractivity contribution in [3.8, 4) is 16.9 Å². The number of aromatic nitrogens is 1. The second-order valence-corrected chi connectivity index (χ2v) is 4.46. The van der Waals surface area contributed by atoms with Crippen molar-refractivity contribution in [2.24, 2.45) is 0 Å². The molecule has 0 aliphatic carbocycles. The topological polar surface area (TPSA) is 22.1 Å². The number of rotatable bonds is 2. The Kier molecular flexibility index (Phi) is 3.25. The fourth-order valence-electron chi connectivity index (χ4n) is 2.20. The maximum absolute atomic E-state index is 12.3. The third kappa shape index (κ3) is 2.97. The van der Waals surface area contributed by atoms with E-state index >= 15 is 0 Å². The SMILES string of the molecule is FC(F)(F)Oc1cccc(-c2cccc3cccnc23)c1. The zero-order valence-electron chi connectivity index (χ0n) is 10.8. The number of halogens is 3. The predicted molar refractivity (Wildman–Crippen MR) is 73.9 cm³/mol. The van der Waals surface area contributed by atoms with Gasteiger partial charge in [-0.2, -0.15) is 0 Å². The summed E-state index contributed by atoms with van der Waals surface area (Å²) in [6.45, 7) is 0. The number of nitrogens with zero attached hydrogens (tertiary/aromatic N) is 1. The van der Waals surface area contributed by atoms with Crippen LogP contribution in [0.5, 0.6) is 5.75 Å². The second-order valence-electron chi connectivity index (χ2n) is 4.46. The van der Waals surface area contributed by atoms with Crippen molar-refractivity contribution >= 4 is 10.9 Å². The van der Waals surface area contributed by atoms with Gasteiger partial charge in [0.2, 0.25) is 0 Å². The van der Waals surface area contributed by atoms with Crippen LogP contribution in [-0.4, -0.2) is 11.3 Å². The highest BCUT2D eigenvalue weighted by molar-refractivity contribution is 5.93. The Morgan fingerprint density at radius 2 is 1.67 bits per heavy atom. The number of hydrogen-bond donors (Lipinski definition) is 0. The van der Waals surface area contributed by atoms with Crippen LogP contribution < -0.4 is 4.74 Å². The third-order valence-corrected chi connectivity index (χ3v) is 3.01. The van der Waals surface area contributed by atoms with Crippen molar-refractivity contribution in [3.05, 3.63) is 60.8 Å². The van der Waals surface area contributed by atoms with E-state index in [0.717, 1.165) is 16.5 Å². The Hall–Kier alpha value is -2.56. The van der Waals surface area contributed by atoms with E-state index in [2.05, 4.69) is 9.72 Å². The van der Waals surface area contributed by atoms with Crippen molar-refractivity contribution < 1.29 is 17.9 Å². The largest absolute Gasteiger partial charge is 0.573 e. The number of fused-ring (bicyclic) bond motifs is 1. The minimum Gasteiger partial charge on any atom is -0.406 e. The highest BCUT2D eigenvalue weighted by Gasteiger charge is 2.31. The second kappa shape index (κ2) is 5.09. The molecule has 1 heterocycles. The summed E-state index contributed by atoms with van der Waals surface area (Å²) >= 11 is 0. The molecule has 3 rings (SSSR count). The molecule has 21 heavy (non-hydrogen) atoms. The van der Waals surface area contributed by atoms with Gasteiger partial charge in [-0.25, -0.2) is 0 Å². The lowest BCUT2D eigenvalue weighted by atomic mass is 10.0. The van der Waals surface area contributed by atoms with Gasteiger partial charge in [-0.05, 0) is 23.8 Å². The van der Waals surface area contributed by atoms with E-state index in [0.29, 0.717) is 5.56 Å². The first-order valence-corrected chi connectivity index (χ1v) is 6.23. The van der Waals surface area contributed by atoms with Crippen LogP contribution in [0.4, 0.5) is 13.2 Å². The maximum atomic E-state index is 12.3. The number of para-hydroxylation sites is 1. The molecule has 0 radical (unpaired) electrons. The van der Waals surface area contributed by atoms with Crippen LogP contribution in [0, 0.1) is 0 Å². The summed E-state index contributed by atoms with van der Waals surface area (Å²) in [5.41, 5.74) is 2.13. The van der Waals surface area contributed by atoms with Crippen molar-refractivity contribution in [1.29, 1.82) is 0 Å². The monoisotopic (exact) mass is 289 g/mol. The van der Waals surface area contributed by atoms with E-state index in [1.54, 1.807) is 12.3 Å². The lowest BCUT2D eigenvalue weighted by Crippen LogP contribution is -2.17. The van der Waals surface area contributed by atoms with Crippen molar-refractivity contribution in [2.75, 3.05) is 0 Å². The van der Waals surface area contributed by atoms with Crippen LogP contribution in [0.1, 0.15) is 0 Å². The van der Waals surface area contributed by atoms with Gasteiger partial charge in [-0.3, -0.25) is 4.98 Å². The molecule has 106 valence electrons. The van der Waals surface area contributed by atoms with Gasteiger partial charge >= 0.3 is 6.36 Å². The summed E-state index contributed by atoms with van der Waals surface area (Å²) in [5, 5.41) is 0.928. The molecule has 0 fully saturated rings. The van der Waals surface area contributed by atoms with Crippen LogP contribution in [0.2, 0.25) is 0 Å². The molecule has 0 spiro atoms. The molecule has 0 bridgehead atoms. The van der Waals surface area contributed by atoms with Gasteiger partial charge in [-0.1, -0.05) is 36.4 Å². The quantitative estimate of drug-likeness (QED) is 0.676. The normalized spacial score (nSPS) is 11.6. The average molecular weight is 289 g/mol. The van der Waals surface area contributed by atoms with Crippen LogP contribution in [0.3, 0.4) is 0 Å². The summed E-state index contributed by atoms with van der Waals surface area (Å²) < 4.78 is 40.8. The molecular weight excluding hydrogens is 279 g/mol. The first-order chi connectivity index (χ1) is 10.0. The molecule has 0 aliphatic rings. The van der Waals surface area contributed by atoms with E-state index < -0.39 is 6.36 Å². The van der Waals surface area contributed by atoms with E-state index in [9.17, 15) is 13.2 Å². The highest BCUT2D eigenvalue weighted by atomic mass is 19.4. The Labute approximate surface area is 118 Å². The maximum Gasteiger partial charge on any atom is 0.573 e. The molecule has 0 saturated carbocycles. The first-order valence-electron chi connectivity index (χ1n) is 6.23. The molecule has 0 amide bonds. The van der Waals surface area contributed by atoms with Crippen molar-refractivity contribution in [2.45, 2.75) is 6.36 Å². The Morgan fingerprint density at radius 3 is 2.48 bits per heavy atom. The number of ether oxygens (including phenoxy) is 1. The average Bonchev–Trinajstić information content (AvgIpc) is 2.45. The van der Waals surface area contributed by atoms with Gasteiger partial charge in [0.1, 0.15) is 5.75 Å². The van der Waals surface area contributed by atoms with Crippen LogP contribution in [0.15, 0.2) is 60.8 Å². The summed E-state index contributed by atoms with van der Waals surface area (Å²) in [6, 6.07) is 15.2. The molecule has 1 aromatic heterocycles. The Bertz CT molecular complexity index is 778. The number of pyridine rings is 1. The number of hydrogen-bond acceptors (Lipinski definition) is 2. The van der Waals surface area contributed by atoms with Gasteiger partial charge in [0.05, 0.1) is 5.52 Å². The fourth-order valence-corrected chi connectivity index (χ4v) is 2.20. The van der Waals surface area contributed by atoms with Gasteiger partial charge in [0, 0.05) is 17.1 Å². The molecule has 3 aromatic rings. The molecule has 0 saturated heterocycles. The Balaban J connectivity index is 2.09. The molecule has 5 heteroatoms. The summed E-state index contributed by atoms with van der Waals surface area (Å²) in [6.07, 6.45) is -3.04. The van der Waals surface area contributed by atoms with E-state index in [4.69, 9.17) is 0 Å². The first kappa shape index (κ1) is 13.4. The van der Waals surface area contributed by atoms with Crippen LogP contribution in [0.25, 0.3) is 22.0 Å². The number of benzene rings is 2. The molecule has 0 unspecified atom stereocenters. The third-order valence-electron chi connectivity index (χ3n) is 3.01.